The average molecular weight is 472 g/mol. The summed E-state index contributed by atoms with van der Waals surface area (Å²) in [5, 5.41) is 17.7. The van der Waals surface area contributed by atoms with E-state index in [4.69, 9.17) is 9.59 Å². The first-order valence-corrected chi connectivity index (χ1v) is 9.17. The Labute approximate surface area is 182 Å². The molecule has 0 amide bonds. The molecule has 0 rings (SSSR count). The maximum Gasteiger partial charge on any atom is 6.00 e. The summed E-state index contributed by atoms with van der Waals surface area (Å²) in [6, 6.07) is 0. The van der Waals surface area contributed by atoms with Crippen LogP contribution in [0.25, 0.3) is 21.3 Å². The fourth-order valence-electron chi connectivity index (χ4n) is 1.90. The fourth-order valence-corrected chi connectivity index (χ4v) is 1.90. The van der Waals surface area contributed by atoms with Crippen LogP contribution in [0.4, 0.5) is 0 Å². The molecule has 0 aliphatic heterocycles. The van der Waals surface area contributed by atoms with Gasteiger partial charge in [0.25, 0.3) is 0 Å². The van der Waals surface area contributed by atoms with Gasteiger partial charge in [0.15, 0.2) is 0 Å². The summed E-state index contributed by atoms with van der Waals surface area (Å²) in [6.07, 6.45) is 0.356. The minimum Gasteiger partial charge on any atom is -0.678 e. The smallest absolute Gasteiger partial charge is 0.678 e. The second-order valence-electron chi connectivity index (χ2n) is 7.47. The molecule has 6 nitrogen and oxygen atoms in total. The van der Waals surface area contributed by atoms with Crippen molar-refractivity contribution in [3.8, 4) is 0 Å². The van der Waals surface area contributed by atoms with Crippen LogP contribution >= 0.6 is 0 Å². The predicted octanol–water partition coefficient (Wildman–Crippen LogP) is 5.74. The molecule has 0 spiro atoms. The summed E-state index contributed by atoms with van der Waals surface area (Å²) in [5.74, 6) is 0. The van der Waals surface area contributed by atoms with E-state index in [0.29, 0.717) is 0 Å². The molecule has 0 aromatic heterocycles. The van der Waals surface area contributed by atoms with Gasteiger partial charge in [-0.15, -0.1) is 0 Å². The first kappa shape index (κ1) is 37.5. The normalized spacial score (nSPS) is 10.5. The molecule has 0 aliphatic rings. The van der Waals surface area contributed by atoms with Crippen molar-refractivity contribution in [3.63, 3.8) is 0 Å². The van der Waals surface area contributed by atoms with Crippen molar-refractivity contribution in [1.29, 1.82) is 0 Å². The van der Waals surface area contributed by atoms with Crippen LogP contribution in [0.5, 0.6) is 0 Å². The molecular weight excluding hydrogens is 429 g/mol. The summed E-state index contributed by atoms with van der Waals surface area (Å²) in [6.45, 7) is 31.3. The van der Waals surface area contributed by atoms with Gasteiger partial charge < -0.3 is 30.9 Å². The standard InChI is InChI=1S/2C9H20N2.2CHO.Ru/c2*1-6-10-8(11-7-2)9(3,4)5;2*1-2;/h2*8H,6-7H2,1-5H3;2*1H;/q2*-2;2*-1;+6. The third-order valence-electron chi connectivity index (χ3n) is 2.97. The molecule has 7 heteroatoms. The Morgan fingerprint density at radius 3 is 0.778 bits per heavy atom. The Balaban J connectivity index is -0.0000000975. The van der Waals surface area contributed by atoms with Gasteiger partial charge in [0.1, 0.15) is 0 Å². The summed E-state index contributed by atoms with van der Waals surface area (Å²) >= 11 is 0. The second kappa shape index (κ2) is 23.8. The monoisotopic (exact) mass is 472 g/mol. The number of rotatable bonds is 8. The molecule has 0 bridgehead atoms. The maximum absolute atomic E-state index is 7.75. The van der Waals surface area contributed by atoms with Crippen molar-refractivity contribution in [3.05, 3.63) is 21.3 Å². The van der Waals surface area contributed by atoms with Crippen molar-refractivity contribution < 1.29 is 29.1 Å². The quantitative estimate of drug-likeness (QED) is 0.256. The fraction of sp³-hybridized carbons (Fsp3) is 0.900. The van der Waals surface area contributed by atoms with E-state index in [-0.39, 0.29) is 42.6 Å². The molecule has 0 aliphatic carbocycles. The molecule has 162 valence electrons. The second-order valence-corrected chi connectivity index (χ2v) is 7.47. The van der Waals surface area contributed by atoms with Crippen LogP contribution in [0, 0.1) is 10.8 Å². The minimum atomic E-state index is 0. The third kappa shape index (κ3) is 25.8. The van der Waals surface area contributed by atoms with Crippen molar-refractivity contribution in [2.24, 2.45) is 10.8 Å². The van der Waals surface area contributed by atoms with E-state index in [1.54, 1.807) is 0 Å². The van der Waals surface area contributed by atoms with E-state index in [2.05, 4.69) is 104 Å². The van der Waals surface area contributed by atoms with E-state index in [1.165, 1.54) is 0 Å². The number of hydrogen-bond acceptors (Lipinski definition) is 2. The van der Waals surface area contributed by atoms with Gasteiger partial charge in [0.05, 0.1) is 0 Å². The Morgan fingerprint density at radius 2 is 0.704 bits per heavy atom. The molecule has 0 N–H and O–H groups in total. The van der Waals surface area contributed by atoms with Crippen LogP contribution in [0.2, 0.25) is 0 Å². The number of carbonyl (C=O) groups excluding carboxylic acids is 2. The van der Waals surface area contributed by atoms with Crippen LogP contribution < -0.4 is 0 Å². The third-order valence-corrected chi connectivity index (χ3v) is 2.97. The maximum atomic E-state index is 7.75. The van der Waals surface area contributed by atoms with E-state index >= 15 is 0 Å². The topological polar surface area (TPSA) is 90.5 Å². The summed E-state index contributed by atoms with van der Waals surface area (Å²) < 4.78 is 0. The molecule has 0 saturated carbocycles. The Kier molecular flexibility index (Phi) is 33.1. The largest absolute Gasteiger partial charge is 6.00 e. The molecule has 0 unspecified atom stereocenters. The van der Waals surface area contributed by atoms with Crippen molar-refractivity contribution in [2.75, 3.05) is 26.2 Å². The van der Waals surface area contributed by atoms with Gasteiger partial charge in [0, 0.05) is 0 Å². The van der Waals surface area contributed by atoms with Gasteiger partial charge in [-0.05, 0) is 0 Å². The Hall–Kier alpha value is -0.197. The van der Waals surface area contributed by atoms with E-state index in [0.717, 1.165) is 26.2 Å². The first-order chi connectivity index (χ1) is 12.0. The molecule has 0 radical (unpaired) electrons. The zero-order chi connectivity index (χ0) is 21.8. The molecule has 0 saturated heterocycles. The molecule has 0 aromatic rings. The van der Waals surface area contributed by atoms with Gasteiger partial charge in [0.2, 0.25) is 0 Å². The predicted molar refractivity (Wildman–Crippen MR) is 116 cm³/mol. The first-order valence-electron chi connectivity index (χ1n) is 9.17. The zero-order valence-corrected chi connectivity index (χ0v) is 20.8. The van der Waals surface area contributed by atoms with Gasteiger partial charge >= 0.3 is 19.5 Å². The van der Waals surface area contributed by atoms with Crippen LogP contribution in [-0.2, 0) is 29.1 Å². The number of hydrogen-bond donors (Lipinski definition) is 0. The molecular formula is C20H42N4O2Ru. The van der Waals surface area contributed by atoms with Crippen molar-refractivity contribution >= 4 is 13.6 Å². The van der Waals surface area contributed by atoms with E-state index < -0.39 is 0 Å². The van der Waals surface area contributed by atoms with Gasteiger partial charge in [-0.2, -0.15) is 26.2 Å². The average Bonchev–Trinajstić information content (AvgIpc) is 2.57. The molecule has 0 atom stereocenters. The minimum absolute atomic E-state index is 0. The molecule has 0 aromatic carbocycles. The SMILES string of the molecule is CC[N-]C([N-]CC)C(C)(C)C.CC[N-]C([N-]CC)C(C)(C)C.[CH-]=O.[CH-]=O.[Ru+6]. The van der Waals surface area contributed by atoms with E-state index in [9.17, 15) is 0 Å². The zero-order valence-electron chi connectivity index (χ0n) is 19.1. The summed E-state index contributed by atoms with van der Waals surface area (Å²) in [4.78, 5) is 15.5. The molecule has 27 heavy (non-hydrogen) atoms. The summed E-state index contributed by atoms with van der Waals surface area (Å²) in [7, 11) is 0. The Bertz CT molecular complexity index is 242. The van der Waals surface area contributed by atoms with Crippen LogP contribution in [0.3, 0.4) is 0 Å². The molecule has 0 fully saturated rings. The number of nitrogens with zero attached hydrogens (tertiary/aromatic N) is 4. The Morgan fingerprint density at radius 1 is 0.556 bits per heavy atom. The summed E-state index contributed by atoms with van der Waals surface area (Å²) in [5.41, 5.74) is 0.373. The van der Waals surface area contributed by atoms with Crippen LogP contribution in [0.1, 0.15) is 69.2 Å². The van der Waals surface area contributed by atoms with Crippen LogP contribution in [0.15, 0.2) is 0 Å². The van der Waals surface area contributed by atoms with Gasteiger partial charge in [-0.3, -0.25) is 13.6 Å². The molecule has 0 heterocycles. The van der Waals surface area contributed by atoms with Crippen molar-refractivity contribution in [1.82, 2.24) is 0 Å². The van der Waals surface area contributed by atoms with Gasteiger partial charge in [-0.1, -0.05) is 80.1 Å². The van der Waals surface area contributed by atoms with Crippen LogP contribution in [-0.4, -0.2) is 52.1 Å². The van der Waals surface area contributed by atoms with Crippen molar-refractivity contribution in [2.45, 2.75) is 81.6 Å². The van der Waals surface area contributed by atoms with E-state index in [1.807, 2.05) is 0 Å². The van der Waals surface area contributed by atoms with Gasteiger partial charge in [-0.25, -0.2) is 12.3 Å².